The largest absolute Gasteiger partial charge is 0.126 e. The van der Waals surface area contributed by atoms with Crippen molar-refractivity contribution in [2.75, 3.05) is 5.88 Å². The molecule has 0 unspecified atom stereocenters. The number of hydrogen-bond donors (Lipinski definition) is 0. The van der Waals surface area contributed by atoms with E-state index < -0.39 is 0 Å². The van der Waals surface area contributed by atoms with E-state index in [4.69, 9.17) is 11.6 Å². The van der Waals surface area contributed by atoms with Crippen molar-refractivity contribution in [3.63, 3.8) is 0 Å². The third-order valence-corrected chi connectivity index (χ3v) is 1.76. The molecule has 0 amide bonds. The molecule has 0 fully saturated rings. The van der Waals surface area contributed by atoms with Crippen LogP contribution in [-0.4, -0.2) is 5.88 Å². The van der Waals surface area contributed by atoms with Gasteiger partial charge in [-0.2, -0.15) is 0 Å². The summed E-state index contributed by atoms with van der Waals surface area (Å²) in [6.45, 7) is 0. The van der Waals surface area contributed by atoms with Crippen LogP contribution in [-0.2, 0) is 0 Å². The molecule has 0 N–H and O–H groups in total. The lowest BCUT2D eigenvalue weighted by atomic mass is 10.1. The maximum Gasteiger partial charge on any atom is 0.0257 e. The van der Waals surface area contributed by atoms with Gasteiger partial charge in [0, 0.05) is 5.88 Å². The first kappa shape index (κ1) is 5.17. The van der Waals surface area contributed by atoms with E-state index in [1.54, 1.807) is 0 Å². The standard InChI is InChI=1S/C6H9Cl/c7-5-6-3-1-2-4-6/h1-2,6H,3-5H2. The minimum atomic E-state index is 0.752. The molecule has 1 rings (SSSR count). The average Bonchev–Trinajstić information content (AvgIpc) is 2.14. The van der Waals surface area contributed by atoms with Gasteiger partial charge < -0.3 is 0 Å². The van der Waals surface area contributed by atoms with Gasteiger partial charge in [0.05, 0.1) is 0 Å². The van der Waals surface area contributed by atoms with Gasteiger partial charge in [-0.25, -0.2) is 0 Å². The van der Waals surface area contributed by atoms with E-state index in [9.17, 15) is 0 Å². The predicted octanol–water partition coefficient (Wildman–Crippen LogP) is 2.19. The zero-order valence-electron chi connectivity index (χ0n) is 4.23. The van der Waals surface area contributed by atoms with Gasteiger partial charge >= 0.3 is 0 Å². The number of rotatable bonds is 1. The summed E-state index contributed by atoms with van der Waals surface area (Å²) >= 11 is 5.57. The van der Waals surface area contributed by atoms with Crippen LogP contribution in [0.25, 0.3) is 0 Å². The summed E-state index contributed by atoms with van der Waals surface area (Å²) in [6.07, 6.45) is 6.80. The lowest BCUT2D eigenvalue weighted by Gasteiger charge is -1.98. The normalized spacial score (nSPS) is 21.3. The molecule has 0 saturated carbocycles. The molecule has 1 aliphatic carbocycles. The molecular weight excluding hydrogens is 108 g/mol. The Bertz CT molecular complexity index is 68.2. The van der Waals surface area contributed by atoms with Crippen molar-refractivity contribution in [1.82, 2.24) is 0 Å². The molecule has 0 aliphatic heterocycles. The highest BCUT2D eigenvalue weighted by atomic mass is 35.5. The van der Waals surface area contributed by atoms with Gasteiger partial charge in [-0.3, -0.25) is 0 Å². The second-order valence-corrected chi connectivity index (χ2v) is 2.27. The molecule has 0 heterocycles. The molecule has 1 aliphatic rings. The van der Waals surface area contributed by atoms with Crippen LogP contribution in [0.5, 0.6) is 0 Å². The van der Waals surface area contributed by atoms with Crippen molar-refractivity contribution in [2.45, 2.75) is 12.8 Å². The Kier molecular flexibility index (Phi) is 1.75. The van der Waals surface area contributed by atoms with Crippen LogP contribution in [0.1, 0.15) is 12.8 Å². The van der Waals surface area contributed by atoms with Gasteiger partial charge in [-0.15, -0.1) is 11.6 Å². The zero-order valence-corrected chi connectivity index (χ0v) is 4.99. The van der Waals surface area contributed by atoms with Gasteiger partial charge in [0.25, 0.3) is 0 Å². The molecule has 0 nitrogen and oxygen atoms in total. The molecular formula is C6H9Cl. The Morgan fingerprint density at radius 1 is 1.43 bits per heavy atom. The summed E-state index contributed by atoms with van der Waals surface area (Å²) in [5.74, 6) is 1.58. The Labute approximate surface area is 49.2 Å². The van der Waals surface area contributed by atoms with Crippen molar-refractivity contribution in [3.05, 3.63) is 12.2 Å². The van der Waals surface area contributed by atoms with Crippen LogP contribution in [0.15, 0.2) is 12.2 Å². The highest BCUT2D eigenvalue weighted by Crippen LogP contribution is 2.17. The topological polar surface area (TPSA) is 0 Å². The predicted molar refractivity (Wildman–Crippen MR) is 32.6 cm³/mol. The Balaban J connectivity index is 2.22. The van der Waals surface area contributed by atoms with Crippen molar-refractivity contribution in [3.8, 4) is 0 Å². The molecule has 0 aromatic rings. The highest BCUT2D eigenvalue weighted by molar-refractivity contribution is 6.18. The summed E-state index contributed by atoms with van der Waals surface area (Å²) in [7, 11) is 0. The highest BCUT2D eigenvalue weighted by Gasteiger charge is 2.06. The van der Waals surface area contributed by atoms with Crippen molar-refractivity contribution < 1.29 is 0 Å². The van der Waals surface area contributed by atoms with E-state index in [0.717, 1.165) is 11.8 Å². The minimum absolute atomic E-state index is 0.752. The van der Waals surface area contributed by atoms with E-state index in [-0.39, 0.29) is 0 Å². The Hall–Kier alpha value is 0.0300. The Morgan fingerprint density at radius 3 is 2.29 bits per heavy atom. The van der Waals surface area contributed by atoms with Crippen LogP contribution in [0.3, 0.4) is 0 Å². The van der Waals surface area contributed by atoms with Gasteiger partial charge in [0.15, 0.2) is 0 Å². The number of allylic oxidation sites excluding steroid dienone is 2. The molecule has 0 bridgehead atoms. The fraction of sp³-hybridized carbons (Fsp3) is 0.667. The third-order valence-electron chi connectivity index (χ3n) is 1.32. The molecule has 0 aromatic carbocycles. The van der Waals surface area contributed by atoms with E-state index >= 15 is 0 Å². The molecule has 40 valence electrons. The number of halogens is 1. The van der Waals surface area contributed by atoms with Gasteiger partial charge in [-0.1, -0.05) is 12.2 Å². The first-order chi connectivity index (χ1) is 3.43. The molecule has 0 atom stereocenters. The molecule has 0 radical (unpaired) electrons. The second-order valence-electron chi connectivity index (χ2n) is 1.96. The quantitative estimate of drug-likeness (QED) is 0.364. The lowest BCUT2D eigenvalue weighted by molar-refractivity contribution is 0.645. The van der Waals surface area contributed by atoms with Crippen LogP contribution in [0.4, 0.5) is 0 Å². The van der Waals surface area contributed by atoms with E-state index in [2.05, 4.69) is 12.2 Å². The summed E-state index contributed by atoms with van der Waals surface area (Å²) in [4.78, 5) is 0. The second kappa shape index (κ2) is 2.37. The molecule has 1 heteroatoms. The van der Waals surface area contributed by atoms with Crippen molar-refractivity contribution >= 4 is 11.6 Å². The summed E-state index contributed by atoms with van der Waals surface area (Å²) < 4.78 is 0. The lowest BCUT2D eigenvalue weighted by Crippen LogP contribution is -1.92. The van der Waals surface area contributed by atoms with E-state index in [1.165, 1.54) is 12.8 Å². The molecule has 0 spiro atoms. The first-order valence-electron chi connectivity index (χ1n) is 2.64. The third kappa shape index (κ3) is 1.20. The SMILES string of the molecule is ClCC1CC=CC1. The number of hydrogen-bond acceptors (Lipinski definition) is 0. The number of alkyl halides is 1. The zero-order chi connectivity index (χ0) is 5.11. The van der Waals surface area contributed by atoms with Crippen LogP contribution in [0, 0.1) is 5.92 Å². The smallest absolute Gasteiger partial charge is 0.0257 e. The Morgan fingerprint density at radius 2 is 2.00 bits per heavy atom. The van der Waals surface area contributed by atoms with Crippen molar-refractivity contribution in [2.24, 2.45) is 5.92 Å². The minimum Gasteiger partial charge on any atom is -0.126 e. The molecule has 0 aromatic heterocycles. The first-order valence-corrected chi connectivity index (χ1v) is 3.18. The van der Waals surface area contributed by atoms with Gasteiger partial charge in [0.1, 0.15) is 0 Å². The van der Waals surface area contributed by atoms with Crippen molar-refractivity contribution in [1.29, 1.82) is 0 Å². The summed E-state index contributed by atoms with van der Waals surface area (Å²) in [5, 5.41) is 0. The maximum atomic E-state index is 5.57. The van der Waals surface area contributed by atoms with Crippen LogP contribution in [0.2, 0.25) is 0 Å². The summed E-state index contributed by atoms with van der Waals surface area (Å²) in [6, 6.07) is 0. The van der Waals surface area contributed by atoms with E-state index in [1.807, 2.05) is 0 Å². The maximum absolute atomic E-state index is 5.57. The molecule has 0 saturated heterocycles. The van der Waals surface area contributed by atoms with Gasteiger partial charge in [-0.05, 0) is 18.8 Å². The van der Waals surface area contributed by atoms with Crippen LogP contribution >= 0.6 is 11.6 Å². The van der Waals surface area contributed by atoms with E-state index in [0.29, 0.717) is 0 Å². The van der Waals surface area contributed by atoms with Gasteiger partial charge in [0.2, 0.25) is 0 Å². The molecule has 7 heavy (non-hydrogen) atoms. The fourth-order valence-electron chi connectivity index (χ4n) is 0.800. The fourth-order valence-corrected chi connectivity index (χ4v) is 1.05. The monoisotopic (exact) mass is 116 g/mol. The summed E-state index contributed by atoms with van der Waals surface area (Å²) in [5.41, 5.74) is 0. The average molecular weight is 117 g/mol. The van der Waals surface area contributed by atoms with Crippen LogP contribution < -0.4 is 0 Å².